The summed E-state index contributed by atoms with van der Waals surface area (Å²) in [4.78, 5) is 14.3. The largest absolute Gasteiger partial charge is 0.493 e. The SMILES string of the molecule is C=NC(=O)CCOc1ccc2c(c1)C(O)(C(F)(F)F)c1ccccc1-2. The van der Waals surface area contributed by atoms with Gasteiger partial charge in [0.15, 0.2) is 0 Å². The molecule has 2 aromatic rings. The van der Waals surface area contributed by atoms with E-state index in [2.05, 4.69) is 11.7 Å². The number of halogens is 3. The number of ether oxygens (including phenoxy) is 1. The van der Waals surface area contributed by atoms with Crippen LogP contribution in [0, 0.1) is 0 Å². The number of carbonyl (C=O) groups is 1. The number of fused-ring (bicyclic) bond motifs is 3. The lowest BCUT2D eigenvalue weighted by atomic mass is 9.91. The molecule has 1 N–H and O–H groups in total. The summed E-state index contributed by atoms with van der Waals surface area (Å²) in [6, 6.07) is 10.00. The lowest BCUT2D eigenvalue weighted by Crippen LogP contribution is -2.41. The number of alkyl halides is 3. The Hall–Kier alpha value is -2.67. The van der Waals surface area contributed by atoms with E-state index in [9.17, 15) is 23.1 Å². The van der Waals surface area contributed by atoms with Crippen molar-refractivity contribution < 1.29 is 27.8 Å². The van der Waals surface area contributed by atoms with Crippen molar-refractivity contribution in [3.63, 3.8) is 0 Å². The molecule has 0 saturated carbocycles. The van der Waals surface area contributed by atoms with E-state index in [-0.39, 0.29) is 29.9 Å². The summed E-state index contributed by atoms with van der Waals surface area (Å²) in [5.74, 6) is -0.341. The lowest BCUT2D eigenvalue weighted by molar-refractivity contribution is -0.246. The Morgan fingerprint density at radius 3 is 2.52 bits per heavy atom. The molecule has 130 valence electrons. The van der Waals surface area contributed by atoms with Gasteiger partial charge in [0, 0.05) is 11.1 Å². The maximum absolute atomic E-state index is 13.7. The van der Waals surface area contributed by atoms with Crippen LogP contribution in [0.4, 0.5) is 13.2 Å². The molecule has 4 nitrogen and oxygen atoms in total. The van der Waals surface area contributed by atoms with Crippen molar-refractivity contribution in [3.05, 3.63) is 53.6 Å². The Bertz CT molecular complexity index is 848. The molecule has 1 unspecified atom stereocenters. The molecule has 0 spiro atoms. The monoisotopic (exact) mass is 349 g/mol. The fourth-order valence-electron chi connectivity index (χ4n) is 2.97. The van der Waals surface area contributed by atoms with Crippen molar-refractivity contribution in [2.75, 3.05) is 6.61 Å². The summed E-state index contributed by atoms with van der Waals surface area (Å²) in [7, 11) is 0. The van der Waals surface area contributed by atoms with E-state index in [1.54, 1.807) is 6.07 Å². The maximum Gasteiger partial charge on any atom is 0.425 e. The number of hydrogen-bond donors (Lipinski definition) is 1. The summed E-state index contributed by atoms with van der Waals surface area (Å²) < 4.78 is 46.4. The molecule has 1 atom stereocenters. The second kappa shape index (κ2) is 6.00. The normalized spacial score (nSPS) is 18.4. The van der Waals surface area contributed by atoms with Crippen LogP contribution in [-0.2, 0) is 10.4 Å². The molecule has 25 heavy (non-hydrogen) atoms. The van der Waals surface area contributed by atoms with Gasteiger partial charge < -0.3 is 9.84 Å². The van der Waals surface area contributed by atoms with Crippen LogP contribution in [0.15, 0.2) is 47.5 Å². The van der Waals surface area contributed by atoms with Gasteiger partial charge in [-0.2, -0.15) is 13.2 Å². The minimum atomic E-state index is -4.89. The molecule has 0 aromatic heterocycles. The highest BCUT2D eigenvalue weighted by atomic mass is 19.4. The summed E-state index contributed by atoms with van der Waals surface area (Å²) in [6.45, 7) is 3.04. The zero-order chi connectivity index (χ0) is 18.2. The summed E-state index contributed by atoms with van der Waals surface area (Å²) in [5, 5.41) is 10.6. The molecule has 0 radical (unpaired) electrons. The average Bonchev–Trinajstić information content (AvgIpc) is 2.85. The van der Waals surface area contributed by atoms with E-state index in [4.69, 9.17) is 4.74 Å². The summed E-state index contributed by atoms with van der Waals surface area (Å²) >= 11 is 0. The molecule has 3 rings (SSSR count). The van der Waals surface area contributed by atoms with E-state index < -0.39 is 17.7 Å². The average molecular weight is 349 g/mol. The highest BCUT2D eigenvalue weighted by molar-refractivity contribution is 5.81. The van der Waals surface area contributed by atoms with E-state index in [0.717, 1.165) is 6.07 Å². The van der Waals surface area contributed by atoms with Crippen LogP contribution in [0.3, 0.4) is 0 Å². The second-order valence-corrected chi connectivity index (χ2v) is 5.61. The van der Waals surface area contributed by atoms with Crippen LogP contribution >= 0.6 is 0 Å². The van der Waals surface area contributed by atoms with Crippen molar-refractivity contribution in [2.24, 2.45) is 4.99 Å². The minimum absolute atomic E-state index is 0.0374. The first-order valence-corrected chi connectivity index (χ1v) is 7.45. The van der Waals surface area contributed by atoms with Gasteiger partial charge in [0.25, 0.3) is 0 Å². The van der Waals surface area contributed by atoms with E-state index in [1.807, 2.05) is 0 Å². The van der Waals surface area contributed by atoms with E-state index >= 15 is 0 Å². The van der Waals surface area contributed by atoms with Crippen molar-refractivity contribution in [3.8, 4) is 16.9 Å². The molecule has 2 aromatic carbocycles. The molecule has 0 heterocycles. The number of aliphatic imine (C=N–C) groups is 1. The predicted molar refractivity (Wildman–Crippen MR) is 85.6 cm³/mol. The van der Waals surface area contributed by atoms with Crippen molar-refractivity contribution >= 4 is 12.6 Å². The van der Waals surface area contributed by atoms with Gasteiger partial charge in [0.1, 0.15) is 5.75 Å². The quantitative estimate of drug-likeness (QED) is 0.860. The Balaban J connectivity index is 2.01. The number of carbonyl (C=O) groups excluding carboxylic acids is 1. The van der Waals surface area contributed by atoms with Gasteiger partial charge in [0.05, 0.1) is 13.0 Å². The second-order valence-electron chi connectivity index (χ2n) is 5.61. The minimum Gasteiger partial charge on any atom is -0.493 e. The molecule has 0 fully saturated rings. The molecule has 0 bridgehead atoms. The van der Waals surface area contributed by atoms with Crippen molar-refractivity contribution in [1.82, 2.24) is 0 Å². The number of amides is 1. The predicted octanol–water partition coefficient (Wildman–Crippen LogP) is 3.46. The molecular weight excluding hydrogens is 335 g/mol. The third-order valence-electron chi connectivity index (χ3n) is 4.16. The highest BCUT2D eigenvalue weighted by Gasteiger charge is 2.60. The van der Waals surface area contributed by atoms with Crippen LogP contribution in [0.1, 0.15) is 17.5 Å². The van der Waals surface area contributed by atoms with Gasteiger partial charge in [-0.05, 0) is 30.0 Å². The zero-order valence-electron chi connectivity index (χ0n) is 13.0. The molecule has 0 saturated heterocycles. The zero-order valence-corrected chi connectivity index (χ0v) is 13.0. The Morgan fingerprint density at radius 2 is 1.84 bits per heavy atom. The Kier molecular flexibility index (Phi) is 4.12. The van der Waals surface area contributed by atoms with Crippen molar-refractivity contribution in [2.45, 2.75) is 18.2 Å². The third kappa shape index (κ3) is 2.70. The van der Waals surface area contributed by atoms with Gasteiger partial charge in [-0.15, -0.1) is 0 Å². The van der Waals surface area contributed by atoms with Gasteiger partial charge in [-0.3, -0.25) is 4.79 Å². The van der Waals surface area contributed by atoms with Crippen molar-refractivity contribution in [1.29, 1.82) is 0 Å². The third-order valence-corrected chi connectivity index (χ3v) is 4.16. The fraction of sp³-hybridized carbons (Fsp3) is 0.222. The van der Waals surface area contributed by atoms with Crippen LogP contribution in [0.5, 0.6) is 5.75 Å². The Labute approximate surface area is 141 Å². The molecule has 7 heteroatoms. The van der Waals surface area contributed by atoms with Crippen LogP contribution in [0.2, 0.25) is 0 Å². The standard InChI is InChI=1S/C18H14F3NO3/c1-22-16(23)8-9-25-11-6-7-13-12-4-2-3-5-14(12)17(24,15(13)10-11)18(19,20)21/h2-7,10,24H,1,8-9H2. The van der Waals surface area contributed by atoms with Crippen LogP contribution in [-0.4, -0.2) is 30.5 Å². The highest BCUT2D eigenvalue weighted by Crippen LogP contribution is 2.55. The lowest BCUT2D eigenvalue weighted by Gasteiger charge is -2.28. The van der Waals surface area contributed by atoms with Gasteiger partial charge in [0.2, 0.25) is 11.5 Å². The summed E-state index contributed by atoms with van der Waals surface area (Å²) in [6.07, 6.45) is -4.93. The fourth-order valence-corrected chi connectivity index (χ4v) is 2.97. The van der Waals surface area contributed by atoms with Gasteiger partial charge in [-0.25, -0.2) is 4.99 Å². The number of aliphatic hydroxyl groups is 1. The maximum atomic E-state index is 13.7. The summed E-state index contributed by atoms with van der Waals surface area (Å²) in [5.41, 5.74) is -2.97. The number of benzene rings is 2. The first-order chi connectivity index (χ1) is 11.8. The van der Waals surface area contributed by atoms with Gasteiger partial charge >= 0.3 is 6.18 Å². The molecule has 0 aliphatic heterocycles. The van der Waals surface area contributed by atoms with E-state index in [1.165, 1.54) is 30.3 Å². The first kappa shape index (κ1) is 17.2. The van der Waals surface area contributed by atoms with Crippen LogP contribution < -0.4 is 4.74 Å². The van der Waals surface area contributed by atoms with E-state index in [0.29, 0.717) is 11.1 Å². The molecule has 1 aliphatic rings. The number of hydrogen-bond acceptors (Lipinski definition) is 3. The number of nitrogens with zero attached hydrogens (tertiary/aromatic N) is 1. The topological polar surface area (TPSA) is 58.9 Å². The molecule has 1 amide bonds. The first-order valence-electron chi connectivity index (χ1n) is 7.45. The Morgan fingerprint density at radius 1 is 1.16 bits per heavy atom. The smallest absolute Gasteiger partial charge is 0.425 e. The van der Waals surface area contributed by atoms with Gasteiger partial charge in [-0.1, -0.05) is 30.3 Å². The molecular formula is C18H14F3NO3. The molecule has 1 aliphatic carbocycles. The number of rotatable bonds is 4. The van der Waals surface area contributed by atoms with Crippen LogP contribution in [0.25, 0.3) is 11.1 Å².